The first-order valence-electron chi connectivity index (χ1n) is 6.14. The van der Waals surface area contributed by atoms with E-state index in [-0.39, 0.29) is 12.2 Å². The number of benzene rings is 2. The second-order valence-corrected chi connectivity index (χ2v) is 4.21. The number of hydrogen-bond donors (Lipinski definition) is 0. The van der Waals surface area contributed by atoms with Crippen molar-refractivity contribution < 1.29 is 13.9 Å². The number of aryl methyl sites for hydroxylation is 1. The minimum absolute atomic E-state index is 0.0246. The quantitative estimate of drug-likeness (QED) is 0.617. The number of carbonyl (C=O) groups is 1. The van der Waals surface area contributed by atoms with Gasteiger partial charge in [-0.1, -0.05) is 36.1 Å². The zero-order chi connectivity index (χ0) is 14.4. The van der Waals surface area contributed by atoms with Crippen LogP contribution >= 0.6 is 0 Å². The molecule has 0 amide bonds. The third kappa shape index (κ3) is 3.69. The topological polar surface area (TPSA) is 26.3 Å². The van der Waals surface area contributed by atoms with Gasteiger partial charge in [0, 0.05) is 5.56 Å². The fourth-order valence-electron chi connectivity index (χ4n) is 1.56. The lowest BCUT2D eigenvalue weighted by atomic mass is 10.1. The average Bonchev–Trinajstić information content (AvgIpc) is 2.47. The predicted octanol–water partition coefficient (Wildman–Crippen LogP) is 3.34. The molecule has 0 atom stereocenters. The largest absolute Gasteiger partial charge is 0.449 e. The molecule has 2 aromatic rings. The van der Waals surface area contributed by atoms with Crippen molar-refractivity contribution >= 4 is 5.97 Å². The molecule has 2 rings (SSSR count). The highest BCUT2D eigenvalue weighted by Crippen LogP contribution is 2.10. The average molecular weight is 268 g/mol. The van der Waals surface area contributed by atoms with Crippen LogP contribution in [0.1, 0.15) is 21.5 Å². The van der Waals surface area contributed by atoms with E-state index in [4.69, 9.17) is 4.74 Å². The SMILES string of the molecule is Cc1ccc(C(=O)OCC#Cc2ccccc2)cc1F. The van der Waals surface area contributed by atoms with Crippen LogP contribution in [-0.4, -0.2) is 12.6 Å². The van der Waals surface area contributed by atoms with Crippen LogP contribution in [0.3, 0.4) is 0 Å². The van der Waals surface area contributed by atoms with E-state index >= 15 is 0 Å². The van der Waals surface area contributed by atoms with E-state index in [0.29, 0.717) is 5.56 Å². The maximum Gasteiger partial charge on any atom is 0.339 e. The van der Waals surface area contributed by atoms with Gasteiger partial charge in [0.15, 0.2) is 6.61 Å². The van der Waals surface area contributed by atoms with Crippen LogP contribution in [0.5, 0.6) is 0 Å². The van der Waals surface area contributed by atoms with Crippen molar-refractivity contribution in [2.45, 2.75) is 6.92 Å². The van der Waals surface area contributed by atoms with Gasteiger partial charge in [-0.05, 0) is 36.8 Å². The molecule has 0 heterocycles. The Kier molecular flexibility index (Phi) is 4.52. The predicted molar refractivity (Wildman–Crippen MR) is 74.7 cm³/mol. The summed E-state index contributed by atoms with van der Waals surface area (Å²) in [5.74, 6) is 4.61. The minimum atomic E-state index is -0.578. The first-order chi connectivity index (χ1) is 9.66. The molecule has 0 N–H and O–H groups in total. The van der Waals surface area contributed by atoms with Gasteiger partial charge in [0.2, 0.25) is 0 Å². The van der Waals surface area contributed by atoms with E-state index in [9.17, 15) is 9.18 Å². The van der Waals surface area contributed by atoms with E-state index in [1.165, 1.54) is 12.1 Å². The molecule has 2 aromatic carbocycles. The van der Waals surface area contributed by atoms with Crippen molar-refractivity contribution in [2.24, 2.45) is 0 Å². The fourth-order valence-corrected chi connectivity index (χ4v) is 1.56. The Morgan fingerprint density at radius 1 is 1.20 bits per heavy atom. The number of halogens is 1. The van der Waals surface area contributed by atoms with Gasteiger partial charge in [-0.15, -0.1) is 0 Å². The van der Waals surface area contributed by atoms with Crippen LogP contribution in [0.15, 0.2) is 48.5 Å². The van der Waals surface area contributed by atoms with Crippen LogP contribution in [-0.2, 0) is 4.74 Å². The molecule has 0 unspecified atom stereocenters. The molecule has 0 fully saturated rings. The van der Waals surface area contributed by atoms with Crippen molar-refractivity contribution in [1.29, 1.82) is 0 Å². The lowest BCUT2D eigenvalue weighted by Crippen LogP contribution is -2.06. The summed E-state index contributed by atoms with van der Waals surface area (Å²) in [5.41, 5.74) is 1.53. The number of ether oxygens (including phenoxy) is 1. The Bertz CT molecular complexity index is 666. The van der Waals surface area contributed by atoms with Crippen LogP contribution in [0.25, 0.3) is 0 Å². The molecule has 0 aliphatic heterocycles. The van der Waals surface area contributed by atoms with Crippen molar-refractivity contribution in [1.82, 2.24) is 0 Å². The number of hydrogen-bond acceptors (Lipinski definition) is 2. The summed E-state index contributed by atoms with van der Waals surface area (Å²) in [7, 11) is 0. The second kappa shape index (κ2) is 6.53. The number of carbonyl (C=O) groups excluding carboxylic acids is 1. The summed E-state index contributed by atoms with van der Waals surface area (Å²) in [6.07, 6.45) is 0. The van der Waals surface area contributed by atoms with Crippen LogP contribution in [0.2, 0.25) is 0 Å². The van der Waals surface area contributed by atoms with E-state index in [0.717, 1.165) is 5.56 Å². The van der Waals surface area contributed by atoms with Gasteiger partial charge in [0.1, 0.15) is 5.82 Å². The van der Waals surface area contributed by atoms with Gasteiger partial charge >= 0.3 is 5.97 Å². The van der Waals surface area contributed by atoms with Gasteiger partial charge in [-0.25, -0.2) is 9.18 Å². The molecule has 0 spiro atoms. The molecular weight excluding hydrogens is 255 g/mol. The summed E-state index contributed by atoms with van der Waals surface area (Å²) < 4.78 is 18.3. The molecule has 0 aromatic heterocycles. The highest BCUT2D eigenvalue weighted by molar-refractivity contribution is 5.89. The zero-order valence-electron chi connectivity index (χ0n) is 11.0. The summed E-state index contributed by atoms with van der Waals surface area (Å²) in [5, 5.41) is 0. The lowest BCUT2D eigenvalue weighted by Gasteiger charge is -2.02. The molecule has 2 nitrogen and oxygen atoms in total. The molecule has 0 radical (unpaired) electrons. The van der Waals surface area contributed by atoms with Crippen LogP contribution in [0, 0.1) is 24.6 Å². The van der Waals surface area contributed by atoms with Crippen LogP contribution < -0.4 is 0 Å². The third-order valence-electron chi connectivity index (χ3n) is 2.69. The van der Waals surface area contributed by atoms with E-state index in [1.54, 1.807) is 13.0 Å². The Hall–Kier alpha value is -2.60. The standard InChI is InChI=1S/C17H13FO2/c1-13-9-10-15(12-16(13)18)17(19)20-11-5-8-14-6-3-2-4-7-14/h2-4,6-7,9-10,12H,11H2,1H3. The lowest BCUT2D eigenvalue weighted by molar-refractivity contribution is 0.0556. The third-order valence-corrected chi connectivity index (χ3v) is 2.69. The maximum absolute atomic E-state index is 13.3. The van der Waals surface area contributed by atoms with Gasteiger partial charge in [-0.2, -0.15) is 0 Å². The molecule has 0 saturated heterocycles. The Morgan fingerprint density at radius 2 is 1.95 bits per heavy atom. The Morgan fingerprint density at radius 3 is 2.65 bits per heavy atom. The van der Waals surface area contributed by atoms with Crippen LogP contribution in [0.4, 0.5) is 4.39 Å². The van der Waals surface area contributed by atoms with Gasteiger partial charge in [-0.3, -0.25) is 0 Å². The second-order valence-electron chi connectivity index (χ2n) is 4.21. The molecule has 100 valence electrons. The molecule has 20 heavy (non-hydrogen) atoms. The molecule has 0 saturated carbocycles. The van der Waals surface area contributed by atoms with Gasteiger partial charge in [0.25, 0.3) is 0 Å². The summed E-state index contributed by atoms with van der Waals surface area (Å²) in [6.45, 7) is 1.61. The first kappa shape index (κ1) is 13.8. The summed E-state index contributed by atoms with van der Waals surface area (Å²) in [4.78, 5) is 11.7. The Balaban J connectivity index is 1.93. The maximum atomic E-state index is 13.3. The van der Waals surface area contributed by atoms with Crippen molar-refractivity contribution in [2.75, 3.05) is 6.61 Å². The normalized spacial score (nSPS) is 9.50. The van der Waals surface area contributed by atoms with E-state index in [2.05, 4.69) is 11.8 Å². The molecule has 3 heteroatoms. The number of rotatable bonds is 2. The summed E-state index contributed by atoms with van der Waals surface area (Å²) in [6, 6.07) is 13.6. The molecule has 0 bridgehead atoms. The number of esters is 1. The smallest absolute Gasteiger partial charge is 0.339 e. The molecule has 0 aliphatic carbocycles. The highest BCUT2D eigenvalue weighted by atomic mass is 19.1. The molecule has 0 aliphatic rings. The monoisotopic (exact) mass is 268 g/mol. The minimum Gasteiger partial charge on any atom is -0.449 e. The van der Waals surface area contributed by atoms with Gasteiger partial charge in [0.05, 0.1) is 5.56 Å². The summed E-state index contributed by atoms with van der Waals surface area (Å²) >= 11 is 0. The van der Waals surface area contributed by atoms with Crippen molar-refractivity contribution in [3.05, 3.63) is 71.0 Å². The zero-order valence-corrected chi connectivity index (χ0v) is 11.0. The molecular formula is C17H13FO2. The van der Waals surface area contributed by atoms with Gasteiger partial charge < -0.3 is 4.74 Å². The highest BCUT2D eigenvalue weighted by Gasteiger charge is 2.08. The van der Waals surface area contributed by atoms with E-state index in [1.807, 2.05) is 30.3 Å². The Labute approximate surface area is 117 Å². The van der Waals surface area contributed by atoms with E-state index < -0.39 is 11.8 Å². The van der Waals surface area contributed by atoms with Crippen molar-refractivity contribution in [3.8, 4) is 11.8 Å². The fraction of sp³-hybridized carbons (Fsp3) is 0.118. The first-order valence-corrected chi connectivity index (χ1v) is 6.14. The van der Waals surface area contributed by atoms with Crippen molar-refractivity contribution in [3.63, 3.8) is 0 Å².